The van der Waals surface area contributed by atoms with Crippen LogP contribution in [0.15, 0.2) is 11.6 Å². The average molecular weight is 179 g/mol. The van der Waals surface area contributed by atoms with E-state index in [4.69, 9.17) is 0 Å². The Morgan fingerprint density at radius 3 is 2.77 bits per heavy atom. The number of hydrogen-bond acceptors (Lipinski definition) is 1. The molecule has 2 rings (SSSR count). The topological polar surface area (TPSA) is 12.0 Å². The lowest BCUT2D eigenvalue weighted by atomic mass is 9.67. The number of nitrogens with one attached hydrogen (secondary N) is 1. The summed E-state index contributed by atoms with van der Waals surface area (Å²) >= 11 is 0. The zero-order valence-corrected chi connectivity index (χ0v) is 9.06. The first-order valence-electron chi connectivity index (χ1n) is 5.47. The van der Waals surface area contributed by atoms with E-state index in [1.165, 1.54) is 25.7 Å². The van der Waals surface area contributed by atoms with E-state index in [2.05, 4.69) is 32.3 Å². The summed E-state index contributed by atoms with van der Waals surface area (Å²) in [6.45, 7) is 4.75. The van der Waals surface area contributed by atoms with Crippen molar-refractivity contribution in [3.05, 3.63) is 11.6 Å². The minimum atomic E-state index is 0.469. The molecule has 0 aromatic rings. The second-order valence-corrected chi connectivity index (χ2v) is 5.49. The summed E-state index contributed by atoms with van der Waals surface area (Å²) in [6.07, 6.45) is 7.96. The van der Waals surface area contributed by atoms with Crippen molar-refractivity contribution >= 4 is 0 Å². The Labute approximate surface area is 81.6 Å². The molecular weight excluding hydrogens is 158 g/mol. The van der Waals surface area contributed by atoms with Crippen molar-refractivity contribution in [3.63, 3.8) is 0 Å². The van der Waals surface area contributed by atoms with Gasteiger partial charge in [0.25, 0.3) is 0 Å². The Hall–Kier alpha value is -0.300. The van der Waals surface area contributed by atoms with Gasteiger partial charge >= 0.3 is 0 Å². The van der Waals surface area contributed by atoms with Crippen molar-refractivity contribution in [2.24, 2.45) is 11.3 Å². The van der Waals surface area contributed by atoms with Gasteiger partial charge in [0.1, 0.15) is 0 Å². The van der Waals surface area contributed by atoms with Crippen LogP contribution in [0.5, 0.6) is 0 Å². The Kier molecular flexibility index (Phi) is 2.23. The highest BCUT2D eigenvalue weighted by molar-refractivity contribution is 5.17. The van der Waals surface area contributed by atoms with E-state index in [1.807, 2.05) is 0 Å². The van der Waals surface area contributed by atoms with E-state index in [-0.39, 0.29) is 0 Å². The van der Waals surface area contributed by atoms with Gasteiger partial charge < -0.3 is 5.32 Å². The molecule has 0 aliphatic heterocycles. The largest absolute Gasteiger partial charge is 0.317 e. The van der Waals surface area contributed by atoms with Gasteiger partial charge in [-0.15, -0.1) is 0 Å². The van der Waals surface area contributed by atoms with Gasteiger partial charge in [-0.25, -0.2) is 0 Å². The molecule has 2 aliphatic rings. The summed E-state index contributed by atoms with van der Waals surface area (Å²) in [7, 11) is 2.09. The van der Waals surface area contributed by atoms with Gasteiger partial charge in [-0.2, -0.15) is 0 Å². The zero-order valence-electron chi connectivity index (χ0n) is 9.06. The molecule has 0 aromatic heterocycles. The SMILES string of the molecule is CNC1CC2=CC(C)(C)CC(C2)C1. The third-order valence-electron chi connectivity index (χ3n) is 3.50. The quantitative estimate of drug-likeness (QED) is 0.610. The van der Waals surface area contributed by atoms with Crippen molar-refractivity contribution in [1.82, 2.24) is 5.32 Å². The lowest BCUT2D eigenvalue weighted by Gasteiger charge is -2.40. The fourth-order valence-corrected chi connectivity index (χ4v) is 3.19. The van der Waals surface area contributed by atoms with Crippen LogP contribution in [-0.2, 0) is 0 Å². The number of rotatable bonds is 1. The molecule has 1 N–H and O–H groups in total. The summed E-state index contributed by atoms with van der Waals surface area (Å²) in [4.78, 5) is 0. The second kappa shape index (κ2) is 3.13. The van der Waals surface area contributed by atoms with Gasteiger partial charge in [0, 0.05) is 6.04 Å². The lowest BCUT2D eigenvalue weighted by Crippen LogP contribution is -2.36. The minimum Gasteiger partial charge on any atom is -0.317 e. The summed E-state index contributed by atoms with van der Waals surface area (Å²) in [5, 5.41) is 3.42. The molecule has 1 nitrogen and oxygen atoms in total. The van der Waals surface area contributed by atoms with E-state index >= 15 is 0 Å². The normalized spacial score (nSPS) is 37.0. The molecule has 2 bridgehead atoms. The molecule has 0 saturated heterocycles. The summed E-state index contributed by atoms with van der Waals surface area (Å²) in [6, 6.07) is 0.751. The summed E-state index contributed by atoms with van der Waals surface area (Å²) < 4.78 is 0. The van der Waals surface area contributed by atoms with E-state index in [0.29, 0.717) is 5.41 Å². The Morgan fingerprint density at radius 2 is 2.15 bits per heavy atom. The molecule has 1 saturated carbocycles. The molecule has 1 fully saturated rings. The molecule has 2 aliphatic carbocycles. The highest BCUT2D eigenvalue weighted by Gasteiger charge is 2.33. The predicted molar refractivity (Wildman–Crippen MR) is 56.7 cm³/mol. The highest BCUT2D eigenvalue weighted by atomic mass is 14.9. The standard InChI is InChI=1S/C12H21N/c1-12(2)7-9-4-10(8-12)6-11(5-9)13-3/h7,10-11,13H,4-6,8H2,1-3H3. The van der Waals surface area contributed by atoms with Crippen molar-refractivity contribution in [3.8, 4) is 0 Å². The first-order chi connectivity index (χ1) is 6.09. The van der Waals surface area contributed by atoms with Gasteiger partial charge in [-0.05, 0) is 44.1 Å². The molecule has 1 heteroatoms. The van der Waals surface area contributed by atoms with Crippen LogP contribution in [0.25, 0.3) is 0 Å². The lowest BCUT2D eigenvalue weighted by molar-refractivity contribution is 0.236. The second-order valence-electron chi connectivity index (χ2n) is 5.49. The summed E-state index contributed by atoms with van der Waals surface area (Å²) in [5.41, 5.74) is 2.17. The molecule has 13 heavy (non-hydrogen) atoms. The number of fused-ring (bicyclic) bond motifs is 2. The minimum absolute atomic E-state index is 0.469. The van der Waals surface area contributed by atoms with E-state index in [1.54, 1.807) is 5.57 Å². The maximum absolute atomic E-state index is 3.42. The van der Waals surface area contributed by atoms with Crippen LogP contribution in [0.3, 0.4) is 0 Å². The zero-order chi connectivity index (χ0) is 9.47. The van der Waals surface area contributed by atoms with Gasteiger partial charge in [-0.3, -0.25) is 0 Å². The van der Waals surface area contributed by atoms with Crippen LogP contribution in [0.1, 0.15) is 39.5 Å². The Bertz CT molecular complexity index is 227. The van der Waals surface area contributed by atoms with E-state index in [9.17, 15) is 0 Å². The van der Waals surface area contributed by atoms with Crippen LogP contribution in [0, 0.1) is 11.3 Å². The maximum Gasteiger partial charge on any atom is 0.0104 e. The Balaban J connectivity index is 2.16. The third kappa shape index (κ3) is 1.96. The highest BCUT2D eigenvalue weighted by Crippen LogP contribution is 2.43. The van der Waals surface area contributed by atoms with E-state index in [0.717, 1.165) is 12.0 Å². The third-order valence-corrected chi connectivity index (χ3v) is 3.50. The van der Waals surface area contributed by atoms with Crippen LogP contribution >= 0.6 is 0 Å². The van der Waals surface area contributed by atoms with Gasteiger partial charge in [0.15, 0.2) is 0 Å². The predicted octanol–water partition coefficient (Wildman–Crippen LogP) is 2.73. The smallest absolute Gasteiger partial charge is 0.0104 e. The van der Waals surface area contributed by atoms with Gasteiger partial charge in [0.2, 0.25) is 0 Å². The maximum atomic E-state index is 3.42. The molecule has 0 amide bonds. The molecule has 0 spiro atoms. The Morgan fingerprint density at radius 1 is 1.38 bits per heavy atom. The van der Waals surface area contributed by atoms with Crippen LogP contribution in [-0.4, -0.2) is 13.1 Å². The molecular formula is C12H21N. The molecule has 0 heterocycles. The van der Waals surface area contributed by atoms with E-state index < -0.39 is 0 Å². The fourth-order valence-electron chi connectivity index (χ4n) is 3.19. The van der Waals surface area contributed by atoms with Gasteiger partial charge in [0.05, 0.1) is 0 Å². The van der Waals surface area contributed by atoms with Gasteiger partial charge in [-0.1, -0.05) is 25.5 Å². The number of hydrogen-bond donors (Lipinski definition) is 1. The molecule has 2 atom stereocenters. The molecule has 74 valence electrons. The first-order valence-corrected chi connectivity index (χ1v) is 5.47. The fraction of sp³-hybridized carbons (Fsp3) is 0.833. The van der Waals surface area contributed by atoms with Crippen LogP contribution in [0.2, 0.25) is 0 Å². The molecule has 2 unspecified atom stereocenters. The van der Waals surface area contributed by atoms with Crippen molar-refractivity contribution < 1.29 is 0 Å². The first kappa shape index (κ1) is 9.26. The van der Waals surface area contributed by atoms with Crippen molar-refractivity contribution in [1.29, 1.82) is 0 Å². The van der Waals surface area contributed by atoms with Crippen LogP contribution in [0.4, 0.5) is 0 Å². The summed E-state index contributed by atoms with van der Waals surface area (Å²) in [5.74, 6) is 0.946. The monoisotopic (exact) mass is 179 g/mol. The molecule has 0 aromatic carbocycles. The van der Waals surface area contributed by atoms with Crippen molar-refractivity contribution in [2.75, 3.05) is 7.05 Å². The molecule has 0 radical (unpaired) electrons. The number of allylic oxidation sites excluding steroid dienone is 1. The average Bonchev–Trinajstić information content (AvgIpc) is 1.99. The van der Waals surface area contributed by atoms with Crippen molar-refractivity contribution in [2.45, 2.75) is 45.6 Å². The van der Waals surface area contributed by atoms with Crippen LogP contribution < -0.4 is 5.32 Å².